The summed E-state index contributed by atoms with van der Waals surface area (Å²) in [4.78, 5) is 0. The number of hydrogen-bond acceptors (Lipinski definition) is 3. The van der Waals surface area contributed by atoms with Crippen LogP contribution in [0.3, 0.4) is 0 Å². The van der Waals surface area contributed by atoms with Crippen LogP contribution in [0, 0.1) is 19.3 Å². The van der Waals surface area contributed by atoms with Gasteiger partial charge < -0.3 is 10.5 Å². The first-order chi connectivity index (χ1) is 8.49. The van der Waals surface area contributed by atoms with Crippen molar-refractivity contribution in [2.24, 2.45) is 12.8 Å². The summed E-state index contributed by atoms with van der Waals surface area (Å²) in [5.41, 5.74) is 7.91. The molecule has 0 fully saturated rings. The van der Waals surface area contributed by atoms with Gasteiger partial charge in [0.2, 0.25) is 0 Å². The van der Waals surface area contributed by atoms with Gasteiger partial charge in [0.25, 0.3) is 0 Å². The summed E-state index contributed by atoms with van der Waals surface area (Å²) < 4.78 is 7.59. The van der Waals surface area contributed by atoms with Gasteiger partial charge in [-0.05, 0) is 38.1 Å². The lowest BCUT2D eigenvalue weighted by atomic mass is 10.2. The first kappa shape index (κ1) is 12.2. The highest BCUT2D eigenvalue weighted by Crippen LogP contribution is 2.27. The van der Waals surface area contributed by atoms with Crippen LogP contribution in [0.5, 0.6) is 11.5 Å². The number of aryl methyl sites for hydroxylation is 2. The number of nitrogens with zero attached hydrogens (tertiary/aromatic N) is 2. The summed E-state index contributed by atoms with van der Waals surface area (Å²) in [5.74, 6) is 1.53. The van der Waals surface area contributed by atoms with E-state index in [1.54, 1.807) is 28.9 Å². The van der Waals surface area contributed by atoms with E-state index < -0.39 is 0 Å². The molecule has 0 spiro atoms. The van der Waals surface area contributed by atoms with Crippen LogP contribution in [0.4, 0.5) is 0 Å². The molecule has 0 saturated heterocycles. The Kier molecular flexibility index (Phi) is 3.06. The molecule has 0 unspecified atom stereocenters. The van der Waals surface area contributed by atoms with Crippen molar-refractivity contribution in [1.29, 1.82) is 5.41 Å². The third-order valence-corrected chi connectivity index (χ3v) is 2.83. The molecule has 1 aromatic carbocycles. The standard InChI is InChI=1S/C13H16N4O/c1-8-12(9(2)17(3)16-8)18-11-6-4-10(5-7-11)13(14)15/h4-7H,1-3H3,(H3,14,15). The van der Waals surface area contributed by atoms with Gasteiger partial charge in [-0.25, -0.2) is 0 Å². The lowest BCUT2D eigenvalue weighted by molar-refractivity contribution is 0.474. The molecule has 94 valence electrons. The molecule has 0 aliphatic heterocycles. The van der Waals surface area contributed by atoms with E-state index in [2.05, 4.69) is 5.10 Å². The second-order valence-electron chi connectivity index (χ2n) is 4.16. The van der Waals surface area contributed by atoms with Crippen LogP contribution in [-0.2, 0) is 7.05 Å². The highest BCUT2D eigenvalue weighted by molar-refractivity contribution is 5.94. The van der Waals surface area contributed by atoms with Gasteiger partial charge in [-0.1, -0.05) is 0 Å². The molecule has 2 aromatic rings. The first-order valence-corrected chi connectivity index (χ1v) is 5.61. The van der Waals surface area contributed by atoms with Crippen LogP contribution in [0.25, 0.3) is 0 Å². The van der Waals surface area contributed by atoms with Crippen molar-refractivity contribution >= 4 is 5.84 Å². The van der Waals surface area contributed by atoms with E-state index in [4.69, 9.17) is 15.9 Å². The molecule has 18 heavy (non-hydrogen) atoms. The van der Waals surface area contributed by atoms with E-state index in [-0.39, 0.29) is 5.84 Å². The molecule has 1 heterocycles. The minimum atomic E-state index is 0.0512. The Morgan fingerprint density at radius 3 is 2.33 bits per heavy atom. The maximum absolute atomic E-state index is 7.32. The molecule has 0 atom stereocenters. The van der Waals surface area contributed by atoms with E-state index in [0.717, 1.165) is 17.1 Å². The zero-order valence-electron chi connectivity index (χ0n) is 10.7. The Bertz CT molecular complexity index is 584. The predicted molar refractivity (Wildman–Crippen MR) is 70.2 cm³/mol. The maximum atomic E-state index is 7.32. The zero-order valence-corrected chi connectivity index (χ0v) is 10.7. The topological polar surface area (TPSA) is 76.9 Å². The van der Waals surface area contributed by atoms with E-state index in [1.807, 2.05) is 20.9 Å². The third kappa shape index (κ3) is 2.20. The van der Waals surface area contributed by atoms with Crippen LogP contribution in [-0.4, -0.2) is 15.6 Å². The fraction of sp³-hybridized carbons (Fsp3) is 0.231. The molecule has 0 amide bonds. The number of hydrogen-bond donors (Lipinski definition) is 2. The molecule has 0 bridgehead atoms. The lowest BCUT2D eigenvalue weighted by Crippen LogP contribution is -2.10. The summed E-state index contributed by atoms with van der Waals surface area (Å²) in [5, 5.41) is 11.6. The van der Waals surface area contributed by atoms with Gasteiger partial charge in [-0.3, -0.25) is 10.1 Å². The Hall–Kier alpha value is -2.30. The normalized spacial score (nSPS) is 10.4. The third-order valence-electron chi connectivity index (χ3n) is 2.83. The lowest BCUT2D eigenvalue weighted by Gasteiger charge is -2.06. The van der Waals surface area contributed by atoms with Crippen LogP contribution in [0.2, 0.25) is 0 Å². The predicted octanol–water partition coefficient (Wildman–Crippen LogP) is 2.11. The Morgan fingerprint density at radius 1 is 1.28 bits per heavy atom. The molecular weight excluding hydrogens is 228 g/mol. The number of nitrogens with two attached hydrogens (primary N) is 1. The fourth-order valence-electron chi connectivity index (χ4n) is 1.72. The summed E-state index contributed by atoms with van der Waals surface area (Å²) in [6.45, 7) is 3.87. The zero-order chi connectivity index (χ0) is 13.3. The molecule has 0 aliphatic carbocycles. The van der Waals surface area contributed by atoms with Crippen LogP contribution >= 0.6 is 0 Å². The quantitative estimate of drug-likeness (QED) is 0.641. The molecule has 5 heteroatoms. The van der Waals surface area contributed by atoms with Crippen molar-refractivity contribution in [1.82, 2.24) is 9.78 Å². The van der Waals surface area contributed by atoms with Gasteiger partial charge in [0, 0.05) is 12.6 Å². The molecule has 3 N–H and O–H groups in total. The largest absolute Gasteiger partial charge is 0.453 e. The van der Waals surface area contributed by atoms with Gasteiger partial charge in [0.05, 0.1) is 5.69 Å². The Morgan fingerprint density at radius 2 is 1.89 bits per heavy atom. The Labute approximate surface area is 106 Å². The summed E-state index contributed by atoms with van der Waals surface area (Å²) >= 11 is 0. The molecule has 1 aromatic heterocycles. The molecule has 0 saturated carbocycles. The van der Waals surface area contributed by atoms with Crippen molar-refractivity contribution in [3.63, 3.8) is 0 Å². The van der Waals surface area contributed by atoms with Crippen LogP contribution < -0.4 is 10.5 Å². The number of benzene rings is 1. The number of aromatic nitrogens is 2. The summed E-state index contributed by atoms with van der Waals surface area (Å²) in [7, 11) is 1.88. The monoisotopic (exact) mass is 244 g/mol. The second-order valence-corrected chi connectivity index (χ2v) is 4.16. The number of nitrogen functional groups attached to an aromatic ring is 1. The van der Waals surface area contributed by atoms with Crippen LogP contribution in [0.1, 0.15) is 17.0 Å². The first-order valence-electron chi connectivity index (χ1n) is 5.61. The van der Waals surface area contributed by atoms with Gasteiger partial charge in [0.1, 0.15) is 17.3 Å². The molecular formula is C13H16N4O. The number of nitrogens with one attached hydrogen (secondary N) is 1. The maximum Gasteiger partial charge on any atom is 0.171 e. The van der Waals surface area contributed by atoms with Gasteiger partial charge in [-0.15, -0.1) is 0 Å². The second kappa shape index (κ2) is 4.52. The van der Waals surface area contributed by atoms with E-state index >= 15 is 0 Å². The minimum Gasteiger partial charge on any atom is -0.453 e. The van der Waals surface area contributed by atoms with Crippen molar-refractivity contribution in [2.45, 2.75) is 13.8 Å². The number of rotatable bonds is 3. The van der Waals surface area contributed by atoms with Gasteiger partial charge >= 0.3 is 0 Å². The number of amidine groups is 1. The smallest absolute Gasteiger partial charge is 0.171 e. The number of ether oxygens (including phenoxy) is 1. The SMILES string of the molecule is Cc1nn(C)c(C)c1Oc1ccc(C(=N)N)cc1. The Balaban J connectivity index is 2.26. The van der Waals surface area contributed by atoms with E-state index in [0.29, 0.717) is 11.3 Å². The molecule has 0 radical (unpaired) electrons. The highest BCUT2D eigenvalue weighted by atomic mass is 16.5. The van der Waals surface area contributed by atoms with E-state index in [9.17, 15) is 0 Å². The average Bonchev–Trinajstić information content (AvgIpc) is 2.57. The molecule has 5 nitrogen and oxygen atoms in total. The molecule has 0 aliphatic rings. The van der Waals surface area contributed by atoms with Gasteiger partial charge in [0.15, 0.2) is 5.75 Å². The fourth-order valence-corrected chi connectivity index (χ4v) is 1.72. The molecule has 2 rings (SSSR count). The average molecular weight is 244 g/mol. The van der Waals surface area contributed by atoms with Crippen molar-refractivity contribution in [3.05, 3.63) is 41.2 Å². The van der Waals surface area contributed by atoms with Crippen molar-refractivity contribution < 1.29 is 4.74 Å². The van der Waals surface area contributed by atoms with Gasteiger partial charge in [-0.2, -0.15) is 5.10 Å². The van der Waals surface area contributed by atoms with Crippen LogP contribution in [0.15, 0.2) is 24.3 Å². The van der Waals surface area contributed by atoms with E-state index in [1.165, 1.54) is 0 Å². The van der Waals surface area contributed by atoms with Crippen molar-refractivity contribution in [2.75, 3.05) is 0 Å². The summed E-state index contributed by atoms with van der Waals surface area (Å²) in [6.07, 6.45) is 0. The highest BCUT2D eigenvalue weighted by Gasteiger charge is 2.11. The summed E-state index contributed by atoms with van der Waals surface area (Å²) in [6, 6.07) is 7.11. The minimum absolute atomic E-state index is 0.0512. The van der Waals surface area contributed by atoms with Crippen molar-refractivity contribution in [3.8, 4) is 11.5 Å².